The fraction of sp³-hybridized carbons (Fsp3) is 0.200. The lowest BCUT2D eigenvalue weighted by atomic mass is 10.2. The van der Waals surface area contributed by atoms with Crippen LogP contribution in [0.15, 0.2) is 47.6 Å². The molecule has 0 radical (unpaired) electrons. The van der Waals surface area contributed by atoms with E-state index in [0.29, 0.717) is 5.69 Å². The number of anilines is 2. The van der Waals surface area contributed by atoms with Gasteiger partial charge >= 0.3 is 0 Å². The third-order valence-corrected chi connectivity index (χ3v) is 3.04. The van der Waals surface area contributed by atoms with Crippen LogP contribution in [0.5, 0.6) is 0 Å². The summed E-state index contributed by atoms with van der Waals surface area (Å²) in [5.74, 6) is 0.771. The monoisotopic (exact) mass is 270 g/mol. The van der Waals surface area contributed by atoms with E-state index in [-0.39, 0.29) is 5.84 Å². The number of pyridine rings is 1. The van der Waals surface area contributed by atoms with Crippen LogP contribution in [0.25, 0.3) is 0 Å². The summed E-state index contributed by atoms with van der Waals surface area (Å²) in [5.41, 5.74) is 8.31. The molecule has 0 atom stereocenters. The third-order valence-electron chi connectivity index (χ3n) is 3.04. The van der Waals surface area contributed by atoms with Crippen molar-refractivity contribution >= 4 is 17.3 Å². The second kappa shape index (κ2) is 6.06. The lowest BCUT2D eigenvalue weighted by Gasteiger charge is -2.22. The molecule has 0 aliphatic heterocycles. The average molecular weight is 270 g/mol. The summed E-state index contributed by atoms with van der Waals surface area (Å²) in [5, 5.41) is 11.7. The molecule has 104 valence electrons. The van der Waals surface area contributed by atoms with Gasteiger partial charge in [0.25, 0.3) is 0 Å². The Morgan fingerprint density at radius 1 is 1.25 bits per heavy atom. The normalized spacial score (nSPS) is 11.4. The van der Waals surface area contributed by atoms with Gasteiger partial charge in [-0.3, -0.25) is 0 Å². The van der Waals surface area contributed by atoms with Crippen molar-refractivity contribution in [2.75, 3.05) is 11.4 Å². The maximum Gasteiger partial charge on any atom is 0.188 e. The Bertz CT molecular complexity index is 608. The minimum atomic E-state index is 0.00630. The van der Waals surface area contributed by atoms with Crippen LogP contribution in [0.1, 0.15) is 18.2 Å². The molecule has 20 heavy (non-hydrogen) atoms. The minimum Gasteiger partial charge on any atom is -0.409 e. The smallest absolute Gasteiger partial charge is 0.188 e. The summed E-state index contributed by atoms with van der Waals surface area (Å²) in [7, 11) is 0. The zero-order chi connectivity index (χ0) is 14.5. The first-order chi connectivity index (χ1) is 9.65. The summed E-state index contributed by atoms with van der Waals surface area (Å²) in [6, 6.07) is 13.7. The quantitative estimate of drug-likeness (QED) is 0.387. The summed E-state index contributed by atoms with van der Waals surface area (Å²) in [4.78, 5) is 6.49. The lowest BCUT2D eigenvalue weighted by Crippen LogP contribution is -2.20. The fourth-order valence-corrected chi connectivity index (χ4v) is 1.97. The first-order valence-corrected chi connectivity index (χ1v) is 6.45. The van der Waals surface area contributed by atoms with Crippen molar-refractivity contribution in [1.82, 2.24) is 4.98 Å². The molecule has 0 bridgehead atoms. The summed E-state index contributed by atoms with van der Waals surface area (Å²) < 4.78 is 0. The van der Waals surface area contributed by atoms with Crippen LogP contribution in [0, 0.1) is 6.92 Å². The number of hydrogen-bond acceptors (Lipinski definition) is 4. The molecule has 2 aromatic rings. The Kier molecular flexibility index (Phi) is 4.20. The van der Waals surface area contributed by atoms with Crippen LogP contribution in [-0.4, -0.2) is 22.6 Å². The highest BCUT2D eigenvalue weighted by molar-refractivity contribution is 5.95. The van der Waals surface area contributed by atoms with E-state index in [9.17, 15) is 0 Å². The van der Waals surface area contributed by atoms with Crippen molar-refractivity contribution in [3.8, 4) is 0 Å². The van der Waals surface area contributed by atoms with E-state index in [1.807, 2.05) is 12.1 Å². The molecule has 1 heterocycles. The highest BCUT2D eigenvalue weighted by atomic mass is 16.4. The number of oxime groups is 1. The first-order valence-electron chi connectivity index (χ1n) is 6.45. The third kappa shape index (κ3) is 2.88. The topological polar surface area (TPSA) is 74.7 Å². The zero-order valence-electron chi connectivity index (χ0n) is 11.6. The van der Waals surface area contributed by atoms with Gasteiger partial charge in [-0.2, -0.15) is 0 Å². The fourth-order valence-electron chi connectivity index (χ4n) is 1.97. The molecule has 0 saturated carbocycles. The van der Waals surface area contributed by atoms with Gasteiger partial charge in [-0.05, 0) is 38.1 Å². The van der Waals surface area contributed by atoms with Crippen molar-refractivity contribution in [3.63, 3.8) is 0 Å². The number of amidine groups is 1. The molecule has 0 aliphatic carbocycles. The Morgan fingerprint density at radius 2 is 1.95 bits per heavy atom. The predicted molar refractivity (Wildman–Crippen MR) is 80.6 cm³/mol. The average Bonchev–Trinajstić information content (AvgIpc) is 2.49. The van der Waals surface area contributed by atoms with E-state index >= 15 is 0 Å². The molecule has 0 aliphatic rings. The summed E-state index contributed by atoms with van der Waals surface area (Å²) >= 11 is 0. The molecule has 5 nitrogen and oxygen atoms in total. The van der Waals surface area contributed by atoms with Crippen molar-refractivity contribution in [2.45, 2.75) is 13.8 Å². The molecule has 1 aromatic carbocycles. The maximum atomic E-state index is 8.73. The van der Waals surface area contributed by atoms with E-state index in [0.717, 1.165) is 18.1 Å². The molecule has 0 saturated heterocycles. The van der Waals surface area contributed by atoms with Crippen molar-refractivity contribution in [2.24, 2.45) is 10.9 Å². The van der Waals surface area contributed by atoms with Gasteiger partial charge in [0, 0.05) is 12.2 Å². The van der Waals surface area contributed by atoms with E-state index in [1.54, 1.807) is 6.07 Å². The Morgan fingerprint density at radius 3 is 2.55 bits per heavy atom. The number of aromatic nitrogens is 1. The maximum absolute atomic E-state index is 8.73. The second-order valence-corrected chi connectivity index (χ2v) is 4.45. The van der Waals surface area contributed by atoms with Crippen molar-refractivity contribution in [3.05, 3.63) is 53.7 Å². The minimum absolute atomic E-state index is 0.00630. The van der Waals surface area contributed by atoms with Gasteiger partial charge in [0.05, 0.1) is 0 Å². The van der Waals surface area contributed by atoms with Gasteiger partial charge < -0.3 is 15.8 Å². The molecule has 0 fully saturated rings. The number of rotatable bonds is 4. The standard InChI is InChI=1S/C15H18N4O/c1-3-19(12-9-7-11(2)8-10-12)14-6-4-5-13(17-14)15(16)18-20/h4-10,20H,3H2,1-2H3,(H2,16,18). The second-order valence-electron chi connectivity index (χ2n) is 4.45. The number of aryl methyl sites for hydroxylation is 1. The van der Waals surface area contributed by atoms with Gasteiger partial charge in [-0.15, -0.1) is 0 Å². The Hall–Kier alpha value is -2.56. The SMILES string of the molecule is CCN(c1ccc(C)cc1)c1cccc(C(N)=NO)n1. The van der Waals surface area contributed by atoms with Gasteiger partial charge in [0.1, 0.15) is 11.5 Å². The number of nitrogens with zero attached hydrogens (tertiary/aromatic N) is 3. The predicted octanol–water partition coefficient (Wildman–Crippen LogP) is 2.64. The summed E-state index contributed by atoms with van der Waals surface area (Å²) in [6.07, 6.45) is 0. The molecular formula is C15H18N4O. The number of nitrogens with two attached hydrogens (primary N) is 1. The molecule has 5 heteroatoms. The van der Waals surface area contributed by atoms with E-state index in [2.05, 4.69) is 53.2 Å². The molecule has 1 aromatic heterocycles. The number of hydrogen-bond donors (Lipinski definition) is 2. The van der Waals surface area contributed by atoms with Gasteiger partial charge in [0.2, 0.25) is 0 Å². The Labute approximate surface area is 118 Å². The largest absolute Gasteiger partial charge is 0.409 e. The van der Waals surface area contributed by atoms with Crippen LogP contribution in [0.4, 0.5) is 11.5 Å². The van der Waals surface area contributed by atoms with Crippen LogP contribution < -0.4 is 10.6 Å². The molecular weight excluding hydrogens is 252 g/mol. The molecule has 3 N–H and O–H groups in total. The molecule has 0 unspecified atom stereocenters. The molecule has 0 amide bonds. The van der Waals surface area contributed by atoms with Crippen LogP contribution in [-0.2, 0) is 0 Å². The summed E-state index contributed by atoms with van der Waals surface area (Å²) in [6.45, 7) is 4.88. The highest BCUT2D eigenvalue weighted by Gasteiger charge is 2.10. The van der Waals surface area contributed by atoms with Crippen LogP contribution >= 0.6 is 0 Å². The number of benzene rings is 1. The van der Waals surface area contributed by atoms with E-state index in [4.69, 9.17) is 10.9 Å². The van der Waals surface area contributed by atoms with Gasteiger partial charge in [-0.25, -0.2) is 4.98 Å². The first kappa shape index (κ1) is 13.9. The zero-order valence-corrected chi connectivity index (χ0v) is 11.6. The Balaban J connectivity index is 2.39. The van der Waals surface area contributed by atoms with Gasteiger partial charge in [0.15, 0.2) is 5.84 Å². The lowest BCUT2D eigenvalue weighted by molar-refractivity contribution is 0.318. The van der Waals surface area contributed by atoms with E-state index in [1.165, 1.54) is 5.56 Å². The highest BCUT2D eigenvalue weighted by Crippen LogP contribution is 2.23. The van der Waals surface area contributed by atoms with Crippen molar-refractivity contribution < 1.29 is 5.21 Å². The van der Waals surface area contributed by atoms with Crippen LogP contribution in [0.2, 0.25) is 0 Å². The van der Waals surface area contributed by atoms with E-state index < -0.39 is 0 Å². The van der Waals surface area contributed by atoms with Gasteiger partial charge in [-0.1, -0.05) is 28.9 Å². The molecule has 2 rings (SSSR count). The van der Waals surface area contributed by atoms with Crippen molar-refractivity contribution in [1.29, 1.82) is 0 Å². The molecule has 0 spiro atoms. The van der Waals surface area contributed by atoms with Crippen LogP contribution in [0.3, 0.4) is 0 Å².